The lowest BCUT2D eigenvalue weighted by Crippen LogP contribution is -2.30. The summed E-state index contributed by atoms with van der Waals surface area (Å²) < 4.78 is 11.2. The van der Waals surface area contributed by atoms with E-state index in [9.17, 15) is 4.79 Å². The van der Waals surface area contributed by atoms with Gasteiger partial charge < -0.3 is 14.6 Å². The number of fused-ring (bicyclic) bond motifs is 1. The zero-order chi connectivity index (χ0) is 15.5. The third-order valence-corrected chi connectivity index (χ3v) is 3.87. The van der Waals surface area contributed by atoms with Crippen molar-refractivity contribution in [1.82, 2.24) is 0 Å². The number of benzene rings is 2. The molecule has 1 heterocycles. The molecule has 0 saturated carbocycles. The van der Waals surface area contributed by atoms with Gasteiger partial charge in [0.1, 0.15) is 18.1 Å². The van der Waals surface area contributed by atoms with E-state index in [1.54, 1.807) is 12.1 Å². The molecule has 0 amide bonds. The monoisotopic (exact) mass is 318 g/mol. The molecular weight excluding hydrogens is 304 g/mol. The first-order valence-electron chi connectivity index (χ1n) is 7.02. The minimum absolute atomic E-state index is 0.391. The van der Waals surface area contributed by atoms with E-state index < -0.39 is 12.1 Å². The third-order valence-electron chi connectivity index (χ3n) is 3.57. The van der Waals surface area contributed by atoms with Gasteiger partial charge in [0.2, 0.25) is 0 Å². The van der Waals surface area contributed by atoms with Crippen LogP contribution in [-0.4, -0.2) is 17.2 Å². The van der Waals surface area contributed by atoms with E-state index in [2.05, 4.69) is 0 Å². The van der Waals surface area contributed by atoms with Gasteiger partial charge in [-0.1, -0.05) is 41.9 Å². The van der Waals surface area contributed by atoms with Gasteiger partial charge in [0.15, 0.2) is 6.10 Å². The summed E-state index contributed by atoms with van der Waals surface area (Å²) in [5, 5.41) is 9.56. The number of aryl methyl sites for hydroxylation is 1. The lowest BCUT2D eigenvalue weighted by atomic mass is 10.0. The van der Waals surface area contributed by atoms with Crippen LogP contribution in [0.1, 0.15) is 17.5 Å². The molecule has 2 aromatic rings. The summed E-state index contributed by atoms with van der Waals surface area (Å²) >= 11 is 6.23. The Morgan fingerprint density at radius 3 is 2.82 bits per heavy atom. The fourth-order valence-electron chi connectivity index (χ4n) is 2.40. The first-order chi connectivity index (χ1) is 10.6. The standard InChI is InChI=1S/C17H15ClO4/c18-13-8-12-6-7-14(17(19)20)22-15(12)9-16(13)21-10-11-4-2-1-3-5-11/h1-5,8-9,14H,6-7,10H2,(H,19,20). The van der Waals surface area contributed by atoms with Gasteiger partial charge >= 0.3 is 5.97 Å². The Hall–Kier alpha value is -2.20. The third kappa shape index (κ3) is 3.17. The van der Waals surface area contributed by atoms with Gasteiger partial charge in [-0.3, -0.25) is 0 Å². The van der Waals surface area contributed by atoms with E-state index in [0.29, 0.717) is 36.0 Å². The van der Waals surface area contributed by atoms with Crippen LogP contribution in [0.3, 0.4) is 0 Å². The SMILES string of the molecule is O=C(O)C1CCc2cc(Cl)c(OCc3ccccc3)cc2O1. The summed E-state index contributed by atoms with van der Waals surface area (Å²) in [5.74, 6) is 0.0776. The number of carboxylic acid groups (broad SMARTS) is 1. The number of halogens is 1. The van der Waals surface area contributed by atoms with Gasteiger partial charge in [0, 0.05) is 6.07 Å². The van der Waals surface area contributed by atoms with Crippen molar-refractivity contribution in [3.8, 4) is 11.5 Å². The fourth-order valence-corrected chi connectivity index (χ4v) is 2.64. The van der Waals surface area contributed by atoms with E-state index >= 15 is 0 Å². The predicted octanol–water partition coefficient (Wildman–Crippen LogP) is 3.70. The molecular formula is C17H15ClO4. The molecule has 1 N–H and O–H groups in total. The van der Waals surface area contributed by atoms with Gasteiger partial charge in [0.05, 0.1) is 5.02 Å². The average Bonchev–Trinajstić information content (AvgIpc) is 2.53. The summed E-state index contributed by atoms with van der Waals surface area (Å²) in [7, 11) is 0. The molecule has 0 saturated heterocycles. The second-order valence-corrected chi connectivity index (χ2v) is 5.56. The highest BCUT2D eigenvalue weighted by molar-refractivity contribution is 6.32. The first kappa shape index (κ1) is 14.7. The van der Waals surface area contributed by atoms with Crippen LogP contribution in [0.25, 0.3) is 0 Å². The molecule has 22 heavy (non-hydrogen) atoms. The van der Waals surface area contributed by atoms with Crippen LogP contribution < -0.4 is 9.47 Å². The van der Waals surface area contributed by atoms with Crippen LogP contribution in [-0.2, 0) is 17.8 Å². The molecule has 1 unspecified atom stereocenters. The largest absolute Gasteiger partial charge is 0.487 e. The summed E-state index contributed by atoms with van der Waals surface area (Å²) in [6.07, 6.45) is 0.268. The maximum Gasteiger partial charge on any atom is 0.344 e. The summed E-state index contributed by atoms with van der Waals surface area (Å²) in [6, 6.07) is 13.2. The zero-order valence-electron chi connectivity index (χ0n) is 11.8. The lowest BCUT2D eigenvalue weighted by molar-refractivity contribution is -0.145. The van der Waals surface area contributed by atoms with E-state index in [-0.39, 0.29) is 0 Å². The normalized spacial score (nSPS) is 16.5. The number of aliphatic carboxylic acids is 1. The molecule has 1 atom stereocenters. The van der Waals surface area contributed by atoms with Crippen molar-refractivity contribution in [1.29, 1.82) is 0 Å². The number of ether oxygens (including phenoxy) is 2. The molecule has 3 rings (SSSR count). The molecule has 0 fully saturated rings. The second-order valence-electron chi connectivity index (χ2n) is 5.15. The number of rotatable bonds is 4. The average molecular weight is 319 g/mol. The van der Waals surface area contributed by atoms with Crippen LogP contribution in [0, 0.1) is 0 Å². The van der Waals surface area contributed by atoms with Gasteiger partial charge in [-0.25, -0.2) is 4.79 Å². The van der Waals surface area contributed by atoms with E-state index in [4.69, 9.17) is 26.2 Å². The lowest BCUT2D eigenvalue weighted by Gasteiger charge is -2.24. The number of carboxylic acids is 1. The second kappa shape index (κ2) is 6.28. The molecule has 0 aliphatic carbocycles. The Bertz CT molecular complexity index is 685. The van der Waals surface area contributed by atoms with Crippen LogP contribution in [0.5, 0.6) is 11.5 Å². The fraction of sp³-hybridized carbons (Fsp3) is 0.235. The summed E-state index contributed by atoms with van der Waals surface area (Å²) in [4.78, 5) is 11.0. The molecule has 0 bridgehead atoms. The van der Waals surface area contributed by atoms with Crippen LogP contribution >= 0.6 is 11.6 Å². The van der Waals surface area contributed by atoms with Crippen molar-refractivity contribution in [2.24, 2.45) is 0 Å². The Labute approximate surface area is 133 Å². The van der Waals surface area contributed by atoms with Gasteiger partial charge in [-0.05, 0) is 30.0 Å². The summed E-state index contributed by atoms with van der Waals surface area (Å²) in [5.41, 5.74) is 1.94. The van der Waals surface area contributed by atoms with Gasteiger partial charge in [-0.2, -0.15) is 0 Å². The van der Waals surface area contributed by atoms with Crippen molar-refractivity contribution < 1.29 is 19.4 Å². The van der Waals surface area contributed by atoms with Crippen molar-refractivity contribution in [2.75, 3.05) is 0 Å². The molecule has 1 aliphatic heterocycles. The smallest absolute Gasteiger partial charge is 0.344 e. The Kier molecular flexibility index (Phi) is 4.20. The van der Waals surface area contributed by atoms with E-state index in [1.165, 1.54) is 0 Å². The van der Waals surface area contributed by atoms with Crippen LogP contribution in [0.4, 0.5) is 0 Å². The van der Waals surface area contributed by atoms with Gasteiger partial charge in [0.25, 0.3) is 0 Å². The topological polar surface area (TPSA) is 55.8 Å². The zero-order valence-corrected chi connectivity index (χ0v) is 12.5. The molecule has 4 nitrogen and oxygen atoms in total. The summed E-state index contributed by atoms with van der Waals surface area (Å²) in [6.45, 7) is 0.391. The molecule has 0 spiro atoms. The van der Waals surface area contributed by atoms with Crippen LogP contribution in [0.15, 0.2) is 42.5 Å². The highest BCUT2D eigenvalue weighted by Gasteiger charge is 2.26. The van der Waals surface area contributed by atoms with Crippen molar-refractivity contribution in [3.63, 3.8) is 0 Å². The minimum Gasteiger partial charge on any atom is -0.487 e. The molecule has 2 aromatic carbocycles. The van der Waals surface area contributed by atoms with Crippen molar-refractivity contribution in [2.45, 2.75) is 25.6 Å². The maximum atomic E-state index is 11.0. The molecule has 114 valence electrons. The van der Waals surface area contributed by atoms with Crippen molar-refractivity contribution in [3.05, 3.63) is 58.6 Å². The molecule has 0 aromatic heterocycles. The molecule has 0 radical (unpaired) electrons. The van der Waals surface area contributed by atoms with Crippen molar-refractivity contribution >= 4 is 17.6 Å². The van der Waals surface area contributed by atoms with Gasteiger partial charge in [-0.15, -0.1) is 0 Å². The maximum absolute atomic E-state index is 11.0. The number of hydrogen-bond donors (Lipinski definition) is 1. The predicted molar refractivity (Wildman–Crippen MR) is 82.6 cm³/mol. The minimum atomic E-state index is -0.952. The number of carbonyl (C=O) groups is 1. The van der Waals surface area contributed by atoms with E-state index in [1.807, 2.05) is 30.3 Å². The highest BCUT2D eigenvalue weighted by atomic mass is 35.5. The molecule has 5 heteroatoms. The quantitative estimate of drug-likeness (QED) is 0.934. The Balaban J connectivity index is 1.78. The Morgan fingerprint density at radius 1 is 1.32 bits per heavy atom. The molecule has 1 aliphatic rings. The number of hydrogen-bond acceptors (Lipinski definition) is 3. The highest BCUT2D eigenvalue weighted by Crippen LogP contribution is 2.37. The van der Waals surface area contributed by atoms with Crippen LogP contribution in [0.2, 0.25) is 5.02 Å². The van der Waals surface area contributed by atoms with E-state index in [0.717, 1.165) is 11.1 Å². The Morgan fingerprint density at radius 2 is 2.09 bits per heavy atom. The first-order valence-corrected chi connectivity index (χ1v) is 7.40.